The van der Waals surface area contributed by atoms with Crippen molar-refractivity contribution in [2.75, 3.05) is 26.3 Å². The number of carbonyl (C=O) groups excluding carboxylic acids is 1. The first-order valence-corrected chi connectivity index (χ1v) is 12.8. The smallest absolute Gasteiger partial charge is 0.252 e. The molecule has 0 atom stereocenters. The first kappa shape index (κ1) is 24.0. The molecule has 0 aliphatic carbocycles. The molecule has 1 aliphatic heterocycles. The fourth-order valence-corrected chi connectivity index (χ4v) is 5.45. The summed E-state index contributed by atoms with van der Waals surface area (Å²) in [5, 5.41) is 3.24. The van der Waals surface area contributed by atoms with Gasteiger partial charge in [-0.1, -0.05) is 18.2 Å². The minimum absolute atomic E-state index is 0.0804. The second kappa shape index (κ2) is 10.1. The van der Waals surface area contributed by atoms with Gasteiger partial charge < -0.3 is 10.1 Å². The number of hydrogen-bond acceptors (Lipinski definition) is 6. The van der Waals surface area contributed by atoms with Crippen LogP contribution >= 0.6 is 0 Å². The fourth-order valence-electron chi connectivity index (χ4n) is 4.01. The van der Waals surface area contributed by atoms with Crippen molar-refractivity contribution in [3.8, 4) is 11.4 Å². The summed E-state index contributed by atoms with van der Waals surface area (Å²) in [6, 6.07) is 17.4. The lowest BCUT2D eigenvalue weighted by Gasteiger charge is -2.26. The molecule has 36 heavy (non-hydrogen) atoms. The normalized spacial score (nSPS) is 14.6. The number of morpholine rings is 1. The van der Waals surface area contributed by atoms with Crippen LogP contribution in [-0.2, 0) is 21.3 Å². The van der Waals surface area contributed by atoms with E-state index in [-0.39, 0.29) is 35.9 Å². The zero-order valence-electron chi connectivity index (χ0n) is 19.2. The molecule has 1 saturated heterocycles. The van der Waals surface area contributed by atoms with Gasteiger partial charge in [-0.25, -0.2) is 17.8 Å². The fraction of sp³-hybridized carbons (Fsp3) is 0.192. The zero-order chi connectivity index (χ0) is 25.1. The van der Waals surface area contributed by atoms with Crippen LogP contribution in [-0.4, -0.2) is 54.9 Å². The molecule has 0 bridgehead atoms. The van der Waals surface area contributed by atoms with E-state index >= 15 is 0 Å². The summed E-state index contributed by atoms with van der Waals surface area (Å²) in [7, 11) is -3.77. The highest BCUT2D eigenvalue weighted by Gasteiger charge is 2.27. The quantitative estimate of drug-likeness (QED) is 0.430. The molecule has 1 fully saturated rings. The molecule has 1 amide bonds. The molecule has 10 heteroatoms. The standard InChI is InChI=1S/C26H23FN4O4S/c27-19-6-4-18(5-7-19)17-29-26(32)22-16-25(24-3-1-2-10-28-24)30-23-9-8-20(15-21(22)23)36(33,34)31-11-13-35-14-12-31/h1-10,15-16H,11-14,17H2,(H,29,32). The summed E-state index contributed by atoms with van der Waals surface area (Å²) in [5.74, 6) is -0.774. The number of amides is 1. The topological polar surface area (TPSA) is 101 Å². The van der Waals surface area contributed by atoms with Crippen LogP contribution in [0.3, 0.4) is 0 Å². The number of hydrogen-bond donors (Lipinski definition) is 1. The summed E-state index contributed by atoms with van der Waals surface area (Å²) in [5.41, 5.74) is 2.52. The summed E-state index contributed by atoms with van der Waals surface area (Å²) in [4.78, 5) is 22.4. The molecule has 1 aliphatic rings. The van der Waals surface area contributed by atoms with Crippen molar-refractivity contribution in [1.82, 2.24) is 19.6 Å². The van der Waals surface area contributed by atoms with Crippen molar-refractivity contribution in [2.45, 2.75) is 11.4 Å². The van der Waals surface area contributed by atoms with Crippen LogP contribution in [0, 0.1) is 5.82 Å². The molecule has 0 saturated carbocycles. The van der Waals surface area contributed by atoms with E-state index in [0.29, 0.717) is 35.5 Å². The lowest BCUT2D eigenvalue weighted by atomic mass is 10.1. The highest BCUT2D eigenvalue weighted by molar-refractivity contribution is 7.89. The summed E-state index contributed by atoms with van der Waals surface area (Å²) >= 11 is 0. The van der Waals surface area contributed by atoms with Crippen LogP contribution < -0.4 is 5.32 Å². The molecular formula is C26H23FN4O4S. The van der Waals surface area contributed by atoms with Crippen molar-refractivity contribution >= 4 is 26.8 Å². The van der Waals surface area contributed by atoms with Crippen molar-refractivity contribution in [1.29, 1.82) is 0 Å². The molecule has 0 unspecified atom stereocenters. The number of rotatable bonds is 6. The van der Waals surface area contributed by atoms with Crippen molar-refractivity contribution in [2.24, 2.45) is 0 Å². The van der Waals surface area contributed by atoms with E-state index in [4.69, 9.17) is 4.74 Å². The van der Waals surface area contributed by atoms with E-state index in [9.17, 15) is 17.6 Å². The number of fused-ring (bicyclic) bond motifs is 1. The van der Waals surface area contributed by atoms with Crippen LogP contribution in [0.25, 0.3) is 22.3 Å². The molecule has 0 radical (unpaired) electrons. The second-order valence-corrected chi connectivity index (χ2v) is 10.2. The van der Waals surface area contributed by atoms with Crippen LogP contribution in [0.1, 0.15) is 15.9 Å². The number of benzene rings is 2. The minimum Gasteiger partial charge on any atom is -0.379 e. The van der Waals surface area contributed by atoms with Crippen LogP contribution in [0.2, 0.25) is 0 Å². The van der Waals surface area contributed by atoms with Gasteiger partial charge in [-0.3, -0.25) is 9.78 Å². The largest absolute Gasteiger partial charge is 0.379 e. The third-order valence-electron chi connectivity index (χ3n) is 5.93. The number of halogens is 1. The predicted molar refractivity (Wildman–Crippen MR) is 132 cm³/mol. The first-order chi connectivity index (χ1) is 17.4. The average Bonchev–Trinajstić information content (AvgIpc) is 2.92. The Labute approximate surface area is 207 Å². The summed E-state index contributed by atoms with van der Waals surface area (Å²) in [6.45, 7) is 1.37. The number of pyridine rings is 2. The van der Waals surface area contributed by atoms with Gasteiger partial charge in [-0.15, -0.1) is 0 Å². The maximum absolute atomic E-state index is 13.3. The Kier molecular flexibility index (Phi) is 6.73. The first-order valence-electron chi connectivity index (χ1n) is 11.4. The van der Waals surface area contributed by atoms with Crippen LogP contribution in [0.4, 0.5) is 4.39 Å². The van der Waals surface area contributed by atoms with Gasteiger partial charge in [0.1, 0.15) is 5.82 Å². The van der Waals surface area contributed by atoms with Gasteiger partial charge in [-0.2, -0.15) is 4.31 Å². The Balaban J connectivity index is 1.56. The maximum atomic E-state index is 13.3. The number of aromatic nitrogens is 2. The van der Waals surface area contributed by atoms with E-state index < -0.39 is 15.9 Å². The maximum Gasteiger partial charge on any atom is 0.252 e. The van der Waals surface area contributed by atoms with E-state index in [1.54, 1.807) is 42.6 Å². The van der Waals surface area contributed by atoms with Gasteiger partial charge in [0.25, 0.3) is 5.91 Å². The van der Waals surface area contributed by atoms with Crippen LogP contribution in [0.15, 0.2) is 77.8 Å². The van der Waals surface area contributed by atoms with Gasteiger partial charge in [0.15, 0.2) is 0 Å². The van der Waals surface area contributed by atoms with Gasteiger partial charge in [0.2, 0.25) is 10.0 Å². The number of carbonyl (C=O) groups is 1. The molecule has 0 spiro atoms. The molecule has 8 nitrogen and oxygen atoms in total. The zero-order valence-corrected chi connectivity index (χ0v) is 20.0. The Hall–Kier alpha value is -3.73. The molecule has 5 rings (SSSR count). The molecular weight excluding hydrogens is 483 g/mol. The SMILES string of the molecule is O=C(NCc1ccc(F)cc1)c1cc(-c2ccccn2)nc2ccc(S(=O)(=O)N3CCOCC3)cc12. The lowest BCUT2D eigenvalue weighted by Crippen LogP contribution is -2.40. The molecule has 3 heterocycles. The van der Waals surface area contributed by atoms with E-state index in [1.807, 2.05) is 6.07 Å². The predicted octanol–water partition coefficient (Wildman–Crippen LogP) is 3.39. The van der Waals surface area contributed by atoms with Crippen LogP contribution in [0.5, 0.6) is 0 Å². The summed E-state index contributed by atoms with van der Waals surface area (Å²) < 4.78 is 46.4. The third kappa shape index (κ3) is 4.97. The minimum atomic E-state index is -3.77. The Morgan fingerprint density at radius 3 is 2.50 bits per heavy atom. The van der Waals surface area contributed by atoms with E-state index in [1.165, 1.54) is 28.6 Å². The van der Waals surface area contributed by atoms with E-state index in [2.05, 4.69) is 15.3 Å². The van der Waals surface area contributed by atoms with Gasteiger partial charge in [0, 0.05) is 31.2 Å². The van der Waals surface area contributed by atoms with Gasteiger partial charge >= 0.3 is 0 Å². The Morgan fingerprint density at radius 2 is 1.78 bits per heavy atom. The monoisotopic (exact) mass is 506 g/mol. The van der Waals surface area contributed by atoms with Crippen molar-refractivity contribution in [3.05, 3.63) is 89.9 Å². The lowest BCUT2D eigenvalue weighted by molar-refractivity contribution is 0.0730. The Bertz CT molecular complexity index is 1510. The van der Waals surface area contributed by atoms with Gasteiger partial charge in [0.05, 0.1) is 40.6 Å². The Morgan fingerprint density at radius 1 is 1.00 bits per heavy atom. The molecule has 4 aromatic rings. The highest BCUT2D eigenvalue weighted by atomic mass is 32.2. The molecule has 184 valence electrons. The third-order valence-corrected chi connectivity index (χ3v) is 7.82. The number of nitrogens with zero attached hydrogens (tertiary/aromatic N) is 3. The molecule has 2 aromatic heterocycles. The average molecular weight is 507 g/mol. The number of ether oxygens (including phenoxy) is 1. The highest BCUT2D eigenvalue weighted by Crippen LogP contribution is 2.28. The summed E-state index contributed by atoms with van der Waals surface area (Å²) in [6.07, 6.45) is 1.63. The number of sulfonamides is 1. The van der Waals surface area contributed by atoms with E-state index in [0.717, 1.165) is 5.56 Å². The van der Waals surface area contributed by atoms with Crippen molar-refractivity contribution < 1.29 is 22.3 Å². The van der Waals surface area contributed by atoms with Crippen molar-refractivity contribution in [3.63, 3.8) is 0 Å². The molecule has 1 N–H and O–H groups in total. The second-order valence-electron chi connectivity index (χ2n) is 8.27. The van der Waals surface area contributed by atoms with Gasteiger partial charge in [-0.05, 0) is 54.1 Å². The molecule has 2 aromatic carbocycles. The number of nitrogens with one attached hydrogen (secondary N) is 1.